The molecule has 0 bridgehead atoms. The molecule has 1 aliphatic rings. The molecule has 0 atom stereocenters. The lowest BCUT2D eigenvalue weighted by Crippen LogP contribution is -2.16. The zero-order chi connectivity index (χ0) is 14.4. The van der Waals surface area contributed by atoms with Crippen molar-refractivity contribution in [3.63, 3.8) is 0 Å². The van der Waals surface area contributed by atoms with Crippen molar-refractivity contribution in [1.29, 1.82) is 0 Å². The molecular formula is C16H24O3S. The van der Waals surface area contributed by atoms with Crippen molar-refractivity contribution in [2.45, 2.75) is 56.8 Å². The minimum atomic E-state index is -3.60. The highest BCUT2D eigenvalue weighted by Crippen LogP contribution is 2.24. The van der Waals surface area contributed by atoms with Crippen LogP contribution in [0.3, 0.4) is 0 Å². The van der Waals surface area contributed by atoms with E-state index in [1.165, 1.54) is 32.1 Å². The van der Waals surface area contributed by atoms with E-state index in [-0.39, 0.29) is 4.90 Å². The normalized spacial score (nSPS) is 18.4. The van der Waals surface area contributed by atoms with E-state index in [0.29, 0.717) is 12.5 Å². The van der Waals surface area contributed by atoms with Crippen LogP contribution in [0.1, 0.15) is 50.5 Å². The molecule has 0 radical (unpaired) electrons. The number of benzene rings is 1. The summed E-state index contributed by atoms with van der Waals surface area (Å²) in [7, 11) is -3.60. The molecule has 1 aliphatic carbocycles. The van der Waals surface area contributed by atoms with Crippen LogP contribution in [0, 0.1) is 12.8 Å². The van der Waals surface area contributed by atoms with Crippen LogP contribution in [0.5, 0.6) is 0 Å². The smallest absolute Gasteiger partial charge is 0.266 e. The predicted octanol–water partition coefficient (Wildman–Crippen LogP) is 4.06. The largest absolute Gasteiger partial charge is 0.296 e. The van der Waals surface area contributed by atoms with Gasteiger partial charge in [-0.25, -0.2) is 0 Å². The van der Waals surface area contributed by atoms with Crippen LogP contribution in [0.4, 0.5) is 0 Å². The maximum Gasteiger partial charge on any atom is 0.296 e. The molecule has 0 spiro atoms. The summed E-state index contributed by atoms with van der Waals surface area (Å²) in [5, 5.41) is 0. The molecule has 0 N–H and O–H groups in total. The first-order valence-electron chi connectivity index (χ1n) is 7.54. The average Bonchev–Trinajstić information content (AvgIpc) is 2.38. The molecule has 0 amide bonds. The third-order valence-corrected chi connectivity index (χ3v) is 5.29. The highest BCUT2D eigenvalue weighted by molar-refractivity contribution is 7.86. The summed E-state index contributed by atoms with van der Waals surface area (Å²) < 4.78 is 29.5. The van der Waals surface area contributed by atoms with Crippen molar-refractivity contribution in [1.82, 2.24) is 0 Å². The highest BCUT2D eigenvalue weighted by atomic mass is 32.2. The van der Waals surface area contributed by atoms with Gasteiger partial charge in [0.05, 0.1) is 11.5 Å². The molecule has 0 saturated heterocycles. The lowest BCUT2D eigenvalue weighted by molar-refractivity contribution is 0.223. The van der Waals surface area contributed by atoms with Gasteiger partial charge in [-0.1, -0.05) is 49.8 Å². The van der Waals surface area contributed by atoms with Gasteiger partial charge < -0.3 is 0 Å². The molecule has 0 unspecified atom stereocenters. The maximum atomic E-state index is 12.1. The summed E-state index contributed by atoms with van der Waals surface area (Å²) in [6.07, 6.45) is 8.40. The molecule has 0 aromatic heterocycles. The minimum Gasteiger partial charge on any atom is -0.266 e. The zero-order valence-corrected chi connectivity index (χ0v) is 13.0. The summed E-state index contributed by atoms with van der Waals surface area (Å²) in [5.74, 6) is 0.385. The van der Waals surface area contributed by atoms with E-state index in [9.17, 15) is 8.42 Å². The van der Waals surface area contributed by atoms with Gasteiger partial charge in [0.2, 0.25) is 0 Å². The van der Waals surface area contributed by atoms with Gasteiger partial charge in [0.15, 0.2) is 0 Å². The Morgan fingerprint density at radius 3 is 2.15 bits per heavy atom. The Kier molecular flexibility index (Phi) is 5.61. The molecule has 0 heterocycles. The van der Waals surface area contributed by atoms with E-state index in [1.807, 2.05) is 6.92 Å². The van der Waals surface area contributed by atoms with Gasteiger partial charge in [-0.2, -0.15) is 8.42 Å². The standard InChI is InChI=1S/C16H24O3S/c1-14-9-11-16(12-10-14)20(17,18)19-13-15-7-5-3-2-4-6-8-15/h9-12,15H,2-8,13H2,1H3. The van der Waals surface area contributed by atoms with E-state index >= 15 is 0 Å². The number of hydrogen-bond donors (Lipinski definition) is 0. The van der Waals surface area contributed by atoms with E-state index in [0.717, 1.165) is 18.4 Å². The number of rotatable bonds is 4. The Morgan fingerprint density at radius 1 is 1.00 bits per heavy atom. The molecule has 1 aromatic carbocycles. The van der Waals surface area contributed by atoms with Crippen molar-refractivity contribution in [3.05, 3.63) is 29.8 Å². The van der Waals surface area contributed by atoms with Crippen LogP contribution >= 0.6 is 0 Å². The van der Waals surface area contributed by atoms with E-state index in [1.54, 1.807) is 24.3 Å². The van der Waals surface area contributed by atoms with Crippen LogP contribution < -0.4 is 0 Å². The maximum absolute atomic E-state index is 12.1. The van der Waals surface area contributed by atoms with Gasteiger partial charge in [-0.15, -0.1) is 0 Å². The second-order valence-corrected chi connectivity index (χ2v) is 7.38. The fourth-order valence-corrected chi connectivity index (χ4v) is 3.64. The topological polar surface area (TPSA) is 43.4 Å². The monoisotopic (exact) mass is 296 g/mol. The Balaban J connectivity index is 1.92. The first kappa shape index (κ1) is 15.5. The molecular weight excluding hydrogens is 272 g/mol. The number of hydrogen-bond acceptors (Lipinski definition) is 3. The van der Waals surface area contributed by atoms with Gasteiger partial charge in [0.1, 0.15) is 0 Å². The van der Waals surface area contributed by atoms with Crippen LogP contribution in [0.15, 0.2) is 29.2 Å². The Hall–Kier alpha value is -0.870. The van der Waals surface area contributed by atoms with Gasteiger partial charge in [0.25, 0.3) is 10.1 Å². The fourth-order valence-electron chi connectivity index (χ4n) is 2.67. The zero-order valence-electron chi connectivity index (χ0n) is 12.2. The molecule has 2 rings (SSSR count). The van der Waals surface area contributed by atoms with Crippen molar-refractivity contribution in [2.75, 3.05) is 6.61 Å². The fraction of sp³-hybridized carbons (Fsp3) is 0.625. The lowest BCUT2D eigenvalue weighted by atomic mass is 9.92. The minimum absolute atomic E-state index is 0.258. The third-order valence-electron chi connectivity index (χ3n) is 3.99. The van der Waals surface area contributed by atoms with Crippen LogP contribution in [-0.4, -0.2) is 15.0 Å². The Morgan fingerprint density at radius 2 is 1.55 bits per heavy atom. The van der Waals surface area contributed by atoms with Crippen molar-refractivity contribution in [2.24, 2.45) is 5.92 Å². The van der Waals surface area contributed by atoms with Gasteiger partial charge in [-0.05, 0) is 37.8 Å². The first-order valence-corrected chi connectivity index (χ1v) is 8.95. The highest BCUT2D eigenvalue weighted by Gasteiger charge is 2.19. The third kappa shape index (κ3) is 4.60. The van der Waals surface area contributed by atoms with E-state index in [4.69, 9.17) is 4.18 Å². The van der Waals surface area contributed by atoms with Gasteiger partial charge >= 0.3 is 0 Å². The molecule has 0 aliphatic heterocycles. The first-order chi connectivity index (χ1) is 9.58. The predicted molar refractivity (Wildman–Crippen MR) is 80.1 cm³/mol. The van der Waals surface area contributed by atoms with Crippen LogP contribution in [0.25, 0.3) is 0 Å². The SMILES string of the molecule is Cc1ccc(S(=O)(=O)OCC2CCCCCCC2)cc1. The van der Waals surface area contributed by atoms with Gasteiger partial charge in [0, 0.05) is 0 Å². The lowest BCUT2D eigenvalue weighted by Gasteiger charge is -2.19. The van der Waals surface area contributed by atoms with Gasteiger partial charge in [-0.3, -0.25) is 4.18 Å². The van der Waals surface area contributed by atoms with Crippen LogP contribution in [-0.2, 0) is 14.3 Å². The quantitative estimate of drug-likeness (QED) is 0.787. The molecule has 4 heteroatoms. The molecule has 20 heavy (non-hydrogen) atoms. The van der Waals surface area contributed by atoms with Crippen molar-refractivity contribution < 1.29 is 12.6 Å². The molecule has 112 valence electrons. The summed E-state index contributed by atoms with van der Waals surface area (Å²) in [6.45, 7) is 2.27. The molecule has 1 aromatic rings. The molecule has 3 nitrogen and oxygen atoms in total. The van der Waals surface area contributed by atoms with Crippen molar-refractivity contribution in [3.8, 4) is 0 Å². The second-order valence-electron chi connectivity index (χ2n) is 5.76. The summed E-state index contributed by atoms with van der Waals surface area (Å²) in [6, 6.07) is 6.82. The Bertz CT molecular complexity index is 497. The van der Waals surface area contributed by atoms with E-state index in [2.05, 4.69) is 0 Å². The van der Waals surface area contributed by atoms with Crippen LogP contribution in [0.2, 0.25) is 0 Å². The summed E-state index contributed by atoms with van der Waals surface area (Å²) in [4.78, 5) is 0.258. The Labute approximate surface area is 122 Å². The summed E-state index contributed by atoms with van der Waals surface area (Å²) >= 11 is 0. The summed E-state index contributed by atoms with van der Waals surface area (Å²) in [5.41, 5.74) is 1.05. The van der Waals surface area contributed by atoms with E-state index < -0.39 is 10.1 Å². The number of aryl methyl sites for hydroxylation is 1. The molecule has 1 saturated carbocycles. The average molecular weight is 296 g/mol. The molecule has 1 fully saturated rings. The second kappa shape index (κ2) is 7.23. The van der Waals surface area contributed by atoms with Crippen molar-refractivity contribution >= 4 is 10.1 Å².